The minimum absolute atomic E-state index is 0.182. The standard InChI is InChI=1S/C16H15F2NS2/c17-16(18)21-15-8-4-2-6-13(15)19-12-9-10-20-14-7-3-1-5-11(12)14/h1-8,12,16,19H,9-10H2. The average Bonchev–Trinajstić information content (AvgIpc) is 2.49. The number of benzene rings is 2. The number of anilines is 1. The summed E-state index contributed by atoms with van der Waals surface area (Å²) in [5.74, 6) is -1.36. The predicted octanol–water partition coefficient (Wildman–Crippen LogP) is 5.65. The van der Waals surface area contributed by atoms with Crippen LogP contribution >= 0.6 is 23.5 Å². The molecule has 21 heavy (non-hydrogen) atoms. The number of rotatable bonds is 4. The lowest BCUT2D eigenvalue weighted by molar-refractivity contribution is 0.252. The van der Waals surface area contributed by atoms with E-state index in [0.717, 1.165) is 17.9 Å². The van der Waals surface area contributed by atoms with Crippen LogP contribution in [0.4, 0.5) is 14.5 Å². The lowest BCUT2D eigenvalue weighted by Crippen LogP contribution is -2.16. The Kier molecular flexibility index (Phi) is 4.70. The van der Waals surface area contributed by atoms with Crippen molar-refractivity contribution in [1.29, 1.82) is 0 Å². The summed E-state index contributed by atoms with van der Waals surface area (Å²) in [6, 6.07) is 15.8. The third-order valence-electron chi connectivity index (χ3n) is 3.39. The largest absolute Gasteiger partial charge is 0.377 e. The van der Waals surface area contributed by atoms with Gasteiger partial charge in [-0.2, -0.15) is 8.78 Å². The minimum atomic E-state index is -2.40. The Morgan fingerprint density at radius 3 is 2.71 bits per heavy atom. The lowest BCUT2D eigenvalue weighted by Gasteiger charge is -2.27. The molecular weight excluding hydrogens is 308 g/mol. The van der Waals surface area contributed by atoms with Gasteiger partial charge >= 0.3 is 0 Å². The smallest absolute Gasteiger partial charge is 0.288 e. The molecule has 3 rings (SSSR count). The second kappa shape index (κ2) is 6.71. The summed E-state index contributed by atoms with van der Waals surface area (Å²) in [5, 5.41) is 3.44. The first kappa shape index (κ1) is 14.7. The third kappa shape index (κ3) is 3.52. The highest BCUT2D eigenvalue weighted by Crippen LogP contribution is 2.40. The van der Waals surface area contributed by atoms with Crippen molar-refractivity contribution >= 4 is 29.2 Å². The van der Waals surface area contributed by atoms with Gasteiger partial charge in [-0.15, -0.1) is 11.8 Å². The minimum Gasteiger partial charge on any atom is -0.377 e. The van der Waals surface area contributed by atoms with Crippen LogP contribution in [0.15, 0.2) is 58.3 Å². The molecule has 110 valence electrons. The van der Waals surface area contributed by atoms with E-state index in [-0.39, 0.29) is 6.04 Å². The zero-order valence-corrected chi connectivity index (χ0v) is 12.9. The molecule has 5 heteroatoms. The Balaban J connectivity index is 1.85. The van der Waals surface area contributed by atoms with E-state index in [2.05, 4.69) is 17.4 Å². The number of nitrogens with one attached hydrogen (secondary N) is 1. The normalized spacial score (nSPS) is 17.6. The van der Waals surface area contributed by atoms with Gasteiger partial charge in [-0.25, -0.2) is 0 Å². The van der Waals surface area contributed by atoms with E-state index in [1.165, 1.54) is 10.5 Å². The SMILES string of the molecule is FC(F)Sc1ccccc1NC1CCSc2ccccc21. The summed E-state index contributed by atoms with van der Waals surface area (Å²) in [6.07, 6.45) is 0.995. The fourth-order valence-corrected chi connectivity index (χ4v) is 4.19. The second-order valence-electron chi connectivity index (χ2n) is 4.75. The summed E-state index contributed by atoms with van der Waals surface area (Å²) in [7, 11) is 0. The fraction of sp³-hybridized carbons (Fsp3) is 0.250. The maximum Gasteiger partial charge on any atom is 0.288 e. The highest BCUT2D eigenvalue weighted by atomic mass is 32.2. The van der Waals surface area contributed by atoms with Gasteiger partial charge in [0, 0.05) is 21.2 Å². The molecule has 2 aromatic rings. The Hall–Kier alpha value is -1.20. The Bertz CT molecular complexity index is 619. The molecule has 1 aliphatic heterocycles. The number of alkyl halides is 2. The number of halogens is 2. The fourth-order valence-electron chi connectivity index (χ4n) is 2.46. The first-order chi connectivity index (χ1) is 10.2. The number of para-hydroxylation sites is 1. The van der Waals surface area contributed by atoms with Gasteiger partial charge in [0.2, 0.25) is 0 Å². The highest BCUT2D eigenvalue weighted by molar-refractivity contribution is 7.99. The molecule has 1 unspecified atom stereocenters. The van der Waals surface area contributed by atoms with Gasteiger partial charge < -0.3 is 5.32 Å². The van der Waals surface area contributed by atoms with Crippen molar-refractivity contribution in [3.05, 3.63) is 54.1 Å². The molecule has 0 saturated carbocycles. The monoisotopic (exact) mass is 323 g/mol. The zero-order valence-electron chi connectivity index (χ0n) is 11.3. The molecular formula is C16H15F2NS2. The molecule has 0 amide bonds. The van der Waals surface area contributed by atoms with Crippen molar-refractivity contribution in [2.24, 2.45) is 0 Å². The maximum absolute atomic E-state index is 12.6. The van der Waals surface area contributed by atoms with Crippen molar-refractivity contribution in [2.45, 2.75) is 28.0 Å². The molecule has 1 aliphatic rings. The van der Waals surface area contributed by atoms with E-state index in [1.54, 1.807) is 12.1 Å². The highest BCUT2D eigenvalue weighted by Gasteiger charge is 2.21. The van der Waals surface area contributed by atoms with Crippen molar-refractivity contribution < 1.29 is 8.78 Å². The van der Waals surface area contributed by atoms with Crippen molar-refractivity contribution in [3.63, 3.8) is 0 Å². The maximum atomic E-state index is 12.6. The van der Waals surface area contributed by atoms with Crippen LogP contribution in [0, 0.1) is 0 Å². The van der Waals surface area contributed by atoms with Gasteiger partial charge in [0.1, 0.15) is 0 Å². The molecule has 1 atom stereocenters. The average molecular weight is 323 g/mol. The molecule has 0 saturated heterocycles. The van der Waals surface area contributed by atoms with Gasteiger partial charge in [0.25, 0.3) is 5.76 Å². The number of thioether (sulfide) groups is 2. The van der Waals surface area contributed by atoms with Crippen molar-refractivity contribution in [1.82, 2.24) is 0 Å². The van der Waals surface area contributed by atoms with Crippen molar-refractivity contribution in [2.75, 3.05) is 11.1 Å². The summed E-state index contributed by atoms with van der Waals surface area (Å²) in [6.45, 7) is 0. The van der Waals surface area contributed by atoms with Crippen LogP contribution in [-0.2, 0) is 0 Å². The molecule has 0 bridgehead atoms. The number of fused-ring (bicyclic) bond motifs is 1. The molecule has 0 radical (unpaired) electrons. The molecule has 1 N–H and O–H groups in total. The van der Waals surface area contributed by atoms with E-state index in [4.69, 9.17) is 0 Å². The molecule has 0 aromatic heterocycles. The molecule has 2 aromatic carbocycles. The van der Waals surface area contributed by atoms with Crippen LogP contribution in [0.3, 0.4) is 0 Å². The van der Waals surface area contributed by atoms with Gasteiger partial charge in [-0.05, 0) is 30.2 Å². The summed E-state index contributed by atoms with van der Waals surface area (Å²) in [4.78, 5) is 1.88. The van der Waals surface area contributed by atoms with E-state index in [9.17, 15) is 8.78 Å². The Morgan fingerprint density at radius 1 is 1.10 bits per heavy atom. The van der Waals surface area contributed by atoms with Crippen LogP contribution in [0.1, 0.15) is 18.0 Å². The number of hydrogen-bond donors (Lipinski definition) is 1. The van der Waals surface area contributed by atoms with Crippen molar-refractivity contribution in [3.8, 4) is 0 Å². The molecule has 0 aliphatic carbocycles. The van der Waals surface area contributed by atoms with Crippen LogP contribution in [0.25, 0.3) is 0 Å². The molecule has 0 spiro atoms. The Morgan fingerprint density at radius 2 is 1.86 bits per heavy atom. The Labute approximate surface area is 131 Å². The molecule has 1 heterocycles. The van der Waals surface area contributed by atoms with Gasteiger partial charge in [0.05, 0.1) is 6.04 Å². The number of hydrogen-bond acceptors (Lipinski definition) is 3. The molecule has 1 nitrogen and oxygen atoms in total. The van der Waals surface area contributed by atoms with Crippen LogP contribution in [0.5, 0.6) is 0 Å². The molecule has 0 fully saturated rings. The second-order valence-corrected chi connectivity index (χ2v) is 6.92. The topological polar surface area (TPSA) is 12.0 Å². The van der Waals surface area contributed by atoms with E-state index in [0.29, 0.717) is 16.7 Å². The van der Waals surface area contributed by atoms with Gasteiger partial charge in [0.15, 0.2) is 0 Å². The van der Waals surface area contributed by atoms with Gasteiger partial charge in [-0.1, -0.05) is 42.1 Å². The van der Waals surface area contributed by atoms with Gasteiger partial charge in [-0.3, -0.25) is 0 Å². The first-order valence-electron chi connectivity index (χ1n) is 6.76. The van der Waals surface area contributed by atoms with Crippen LogP contribution in [-0.4, -0.2) is 11.5 Å². The summed E-state index contributed by atoms with van der Waals surface area (Å²) >= 11 is 2.45. The lowest BCUT2D eigenvalue weighted by atomic mass is 10.0. The summed E-state index contributed by atoms with van der Waals surface area (Å²) in [5.41, 5.74) is 2.04. The zero-order chi connectivity index (χ0) is 14.7. The van der Waals surface area contributed by atoms with Crippen LogP contribution in [0.2, 0.25) is 0 Å². The quantitative estimate of drug-likeness (QED) is 0.730. The van der Waals surface area contributed by atoms with Crippen LogP contribution < -0.4 is 5.32 Å². The first-order valence-corrected chi connectivity index (χ1v) is 8.62. The van der Waals surface area contributed by atoms with E-state index >= 15 is 0 Å². The predicted molar refractivity (Wildman–Crippen MR) is 86.4 cm³/mol. The van der Waals surface area contributed by atoms with E-state index in [1.807, 2.05) is 36.0 Å². The third-order valence-corrected chi connectivity index (χ3v) is 5.30. The van der Waals surface area contributed by atoms with E-state index < -0.39 is 5.76 Å². The summed E-state index contributed by atoms with van der Waals surface area (Å²) < 4.78 is 25.3.